The molecule has 0 amide bonds. The van der Waals surface area contributed by atoms with E-state index in [-0.39, 0.29) is 4.90 Å². The SMILES string of the molecule is O=S(=O)(Nc1cccnc1)c1ccc2c(c1)CCCN2. The smallest absolute Gasteiger partial charge is 0.261 e. The van der Waals surface area contributed by atoms with Crippen molar-refractivity contribution in [2.24, 2.45) is 0 Å². The largest absolute Gasteiger partial charge is 0.385 e. The van der Waals surface area contributed by atoms with Crippen LogP contribution in [0.2, 0.25) is 0 Å². The molecule has 2 heterocycles. The Balaban J connectivity index is 1.91. The first-order valence-corrected chi connectivity index (χ1v) is 7.93. The van der Waals surface area contributed by atoms with Crippen LogP contribution in [0, 0.1) is 0 Å². The Morgan fingerprint density at radius 2 is 2.15 bits per heavy atom. The van der Waals surface area contributed by atoms with Crippen LogP contribution in [-0.2, 0) is 16.4 Å². The zero-order chi connectivity index (χ0) is 14.0. The summed E-state index contributed by atoms with van der Waals surface area (Å²) in [6, 6.07) is 8.54. The molecule has 0 saturated carbocycles. The first-order chi connectivity index (χ1) is 9.65. The molecular formula is C14H15N3O2S. The van der Waals surface area contributed by atoms with E-state index in [1.165, 1.54) is 6.20 Å². The lowest BCUT2D eigenvalue weighted by Crippen LogP contribution is -2.16. The van der Waals surface area contributed by atoms with Crippen LogP contribution in [0.25, 0.3) is 0 Å². The maximum absolute atomic E-state index is 12.3. The molecule has 0 unspecified atom stereocenters. The molecule has 6 heteroatoms. The first-order valence-electron chi connectivity index (χ1n) is 6.45. The quantitative estimate of drug-likeness (QED) is 0.909. The van der Waals surface area contributed by atoms with Gasteiger partial charge in [0, 0.05) is 18.4 Å². The average molecular weight is 289 g/mol. The summed E-state index contributed by atoms with van der Waals surface area (Å²) in [5, 5.41) is 3.27. The molecule has 0 fully saturated rings. The molecule has 3 rings (SSSR count). The van der Waals surface area contributed by atoms with Crippen LogP contribution in [0.4, 0.5) is 11.4 Å². The van der Waals surface area contributed by atoms with Gasteiger partial charge in [-0.05, 0) is 48.7 Å². The van der Waals surface area contributed by atoms with Crippen LogP contribution < -0.4 is 10.0 Å². The number of hydrogen-bond acceptors (Lipinski definition) is 4. The molecular weight excluding hydrogens is 274 g/mol. The van der Waals surface area contributed by atoms with Gasteiger partial charge >= 0.3 is 0 Å². The fraction of sp³-hybridized carbons (Fsp3) is 0.214. The number of benzene rings is 1. The molecule has 0 bridgehead atoms. The van der Waals surface area contributed by atoms with Crippen molar-refractivity contribution in [3.8, 4) is 0 Å². The third-order valence-electron chi connectivity index (χ3n) is 3.24. The Morgan fingerprint density at radius 1 is 1.25 bits per heavy atom. The van der Waals surface area contributed by atoms with E-state index in [4.69, 9.17) is 0 Å². The summed E-state index contributed by atoms with van der Waals surface area (Å²) in [4.78, 5) is 4.18. The summed E-state index contributed by atoms with van der Waals surface area (Å²) < 4.78 is 27.2. The molecule has 0 spiro atoms. The van der Waals surface area contributed by atoms with Gasteiger partial charge in [0.25, 0.3) is 10.0 Å². The van der Waals surface area contributed by atoms with E-state index >= 15 is 0 Å². The summed E-state index contributed by atoms with van der Waals surface area (Å²) in [6.45, 7) is 0.938. The highest BCUT2D eigenvalue weighted by Gasteiger charge is 2.17. The second-order valence-electron chi connectivity index (χ2n) is 4.70. The third-order valence-corrected chi connectivity index (χ3v) is 4.62. The molecule has 20 heavy (non-hydrogen) atoms. The van der Waals surface area contributed by atoms with Gasteiger partial charge in [-0.15, -0.1) is 0 Å². The van der Waals surface area contributed by atoms with Gasteiger partial charge in [-0.1, -0.05) is 0 Å². The Bertz CT molecular complexity index is 714. The molecule has 104 valence electrons. The third kappa shape index (κ3) is 2.60. The van der Waals surface area contributed by atoms with Crippen molar-refractivity contribution >= 4 is 21.4 Å². The summed E-state index contributed by atoms with van der Waals surface area (Å²) in [5.41, 5.74) is 2.53. The van der Waals surface area contributed by atoms with Crippen molar-refractivity contribution in [1.82, 2.24) is 4.98 Å². The van der Waals surface area contributed by atoms with E-state index in [0.29, 0.717) is 5.69 Å². The average Bonchev–Trinajstić information content (AvgIpc) is 2.47. The first kappa shape index (κ1) is 12.9. The van der Waals surface area contributed by atoms with E-state index in [2.05, 4.69) is 15.0 Å². The van der Waals surface area contributed by atoms with Crippen LogP contribution >= 0.6 is 0 Å². The lowest BCUT2D eigenvalue weighted by molar-refractivity contribution is 0.601. The van der Waals surface area contributed by atoms with E-state index in [1.807, 2.05) is 6.07 Å². The molecule has 1 aromatic carbocycles. The topological polar surface area (TPSA) is 71.1 Å². The number of rotatable bonds is 3. The number of aromatic nitrogens is 1. The fourth-order valence-corrected chi connectivity index (χ4v) is 3.35. The van der Waals surface area contributed by atoms with Gasteiger partial charge in [-0.3, -0.25) is 9.71 Å². The summed E-state index contributed by atoms with van der Waals surface area (Å²) in [7, 11) is -3.56. The minimum absolute atomic E-state index is 0.281. The minimum Gasteiger partial charge on any atom is -0.385 e. The van der Waals surface area contributed by atoms with Crippen LogP contribution in [0.1, 0.15) is 12.0 Å². The van der Waals surface area contributed by atoms with Crippen LogP contribution in [-0.4, -0.2) is 19.9 Å². The molecule has 0 radical (unpaired) electrons. The van der Waals surface area contributed by atoms with Crippen LogP contribution in [0.5, 0.6) is 0 Å². The number of fused-ring (bicyclic) bond motifs is 1. The monoisotopic (exact) mass is 289 g/mol. The highest BCUT2D eigenvalue weighted by molar-refractivity contribution is 7.92. The molecule has 0 saturated heterocycles. The zero-order valence-corrected chi connectivity index (χ0v) is 11.7. The molecule has 2 N–H and O–H groups in total. The van der Waals surface area contributed by atoms with Gasteiger partial charge in [0.15, 0.2) is 0 Å². The van der Waals surface area contributed by atoms with E-state index < -0.39 is 10.0 Å². The lowest BCUT2D eigenvalue weighted by atomic mass is 10.0. The van der Waals surface area contributed by atoms with Gasteiger partial charge in [0.2, 0.25) is 0 Å². The number of nitrogens with zero attached hydrogens (tertiary/aromatic N) is 1. The number of anilines is 2. The van der Waals surface area contributed by atoms with E-state index in [0.717, 1.165) is 30.6 Å². The van der Waals surface area contributed by atoms with E-state index in [9.17, 15) is 8.42 Å². The Hall–Kier alpha value is -2.08. The van der Waals surface area contributed by atoms with Crippen molar-refractivity contribution < 1.29 is 8.42 Å². The van der Waals surface area contributed by atoms with Gasteiger partial charge in [0.1, 0.15) is 0 Å². The molecule has 2 aromatic rings. The van der Waals surface area contributed by atoms with Crippen molar-refractivity contribution in [3.05, 3.63) is 48.3 Å². The molecule has 1 aliphatic rings. The minimum atomic E-state index is -3.56. The normalized spacial score (nSPS) is 14.2. The Labute approximate surface area is 118 Å². The number of nitrogens with one attached hydrogen (secondary N) is 2. The highest BCUT2D eigenvalue weighted by Crippen LogP contribution is 2.25. The Kier molecular flexibility index (Phi) is 3.31. The van der Waals surface area contributed by atoms with Crippen molar-refractivity contribution in [1.29, 1.82) is 0 Å². The van der Waals surface area contributed by atoms with Crippen LogP contribution in [0.15, 0.2) is 47.6 Å². The summed E-state index contributed by atoms with van der Waals surface area (Å²) in [5.74, 6) is 0. The molecule has 1 aromatic heterocycles. The zero-order valence-electron chi connectivity index (χ0n) is 10.8. The molecule has 1 aliphatic heterocycles. The van der Waals surface area contributed by atoms with Gasteiger partial charge in [-0.2, -0.15) is 0 Å². The number of hydrogen-bond donors (Lipinski definition) is 2. The predicted molar refractivity (Wildman–Crippen MR) is 78.3 cm³/mol. The maximum Gasteiger partial charge on any atom is 0.261 e. The van der Waals surface area contributed by atoms with Gasteiger partial charge < -0.3 is 5.32 Å². The summed E-state index contributed by atoms with van der Waals surface area (Å²) in [6.07, 6.45) is 5.00. The predicted octanol–water partition coefficient (Wildman–Crippen LogP) is 2.24. The molecule has 5 nitrogen and oxygen atoms in total. The molecule has 0 aliphatic carbocycles. The second-order valence-corrected chi connectivity index (χ2v) is 6.38. The Morgan fingerprint density at radius 3 is 2.95 bits per heavy atom. The number of aryl methyl sites for hydroxylation is 1. The van der Waals surface area contributed by atoms with Crippen molar-refractivity contribution in [3.63, 3.8) is 0 Å². The lowest BCUT2D eigenvalue weighted by Gasteiger charge is -2.18. The number of pyridine rings is 1. The fourth-order valence-electron chi connectivity index (χ4n) is 2.26. The van der Waals surface area contributed by atoms with Crippen molar-refractivity contribution in [2.75, 3.05) is 16.6 Å². The summed E-state index contributed by atoms with van der Waals surface area (Å²) >= 11 is 0. The second kappa shape index (κ2) is 5.13. The van der Waals surface area contributed by atoms with Gasteiger partial charge in [-0.25, -0.2) is 8.42 Å². The van der Waals surface area contributed by atoms with Gasteiger partial charge in [0.05, 0.1) is 16.8 Å². The van der Waals surface area contributed by atoms with Crippen molar-refractivity contribution in [2.45, 2.75) is 17.7 Å². The molecule has 0 atom stereocenters. The standard InChI is InChI=1S/C14H15N3O2S/c18-20(19,17-12-4-2-7-15-10-12)13-5-6-14-11(9-13)3-1-8-16-14/h2,4-7,9-10,16-17H,1,3,8H2. The highest BCUT2D eigenvalue weighted by atomic mass is 32.2. The maximum atomic E-state index is 12.3. The van der Waals surface area contributed by atoms with E-state index in [1.54, 1.807) is 30.5 Å². The number of sulfonamides is 1. The van der Waals surface area contributed by atoms with Crippen LogP contribution in [0.3, 0.4) is 0 Å².